The molecule has 0 spiro atoms. The monoisotopic (exact) mass is 268 g/mol. The van der Waals surface area contributed by atoms with Gasteiger partial charge in [0.1, 0.15) is 5.75 Å². The van der Waals surface area contributed by atoms with Crippen LogP contribution in [0.3, 0.4) is 0 Å². The molecule has 0 radical (unpaired) electrons. The highest BCUT2D eigenvalue weighted by molar-refractivity contribution is 6.32. The average molecular weight is 269 g/mol. The number of ketones is 1. The highest BCUT2D eigenvalue weighted by Gasteiger charge is 2.09. The molecule has 0 bridgehead atoms. The normalized spacial score (nSPS) is 11.2. The summed E-state index contributed by atoms with van der Waals surface area (Å²) in [5, 5.41) is 9.12. The molecule has 0 aliphatic carbocycles. The van der Waals surface area contributed by atoms with Crippen molar-refractivity contribution in [3.63, 3.8) is 0 Å². The van der Waals surface area contributed by atoms with Crippen LogP contribution in [0, 0.1) is 0 Å². The van der Waals surface area contributed by atoms with E-state index in [1.54, 1.807) is 18.2 Å². The summed E-state index contributed by atoms with van der Waals surface area (Å²) in [7, 11) is 1.50. The summed E-state index contributed by atoms with van der Waals surface area (Å²) >= 11 is 5.94. The molecule has 0 heterocycles. The van der Waals surface area contributed by atoms with Crippen molar-refractivity contribution in [3.05, 3.63) is 34.4 Å². The molecular formula is C13H13ClO4. The van der Waals surface area contributed by atoms with Crippen LogP contribution < -0.4 is 4.74 Å². The number of carboxylic acids is 1. The maximum absolute atomic E-state index is 11.3. The third-order valence-corrected chi connectivity index (χ3v) is 2.61. The Morgan fingerprint density at radius 1 is 1.44 bits per heavy atom. The quantitative estimate of drug-likeness (QED) is 0.834. The highest BCUT2D eigenvalue weighted by atomic mass is 35.5. The Balaban J connectivity index is 3.08. The number of hydrogen-bond acceptors (Lipinski definition) is 3. The fourth-order valence-corrected chi connectivity index (χ4v) is 1.68. The van der Waals surface area contributed by atoms with E-state index >= 15 is 0 Å². The molecule has 18 heavy (non-hydrogen) atoms. The number of ether oxygens (including phenoxy) is 1. The predicted octanol–water partition coefficient (Wildman–Crippen LogP) is 2.80. The van der Waals surface area contributed by atoms with Gasteiger partial charge in [0.15, 0.2) is 5.78 Å². The highest BCUT2D eigenvalue weighted by Crippen LogP contribution is 2.26. The van der Waals surface area contributed by atoms with Gasteiger partial charge in [-0.2, -0.15) is 0 Å². The van der Waals surface area contributed by atoms with Crippen molar-refractivity contribution in [2.45, 2.75) is 13.3 Å². The second-order valence-electron chi connectivity index (χ2n) is 3.69. The third kappa shape index (κ3) is 3.89. The van der Waals surface area contributed by atoms with Crippen molar-refractivity contribution >= 4 is 29.4 Å². The maximum Gasteiger partial charge on any atom is 0.307 e. The van der Waals surface area contributed by atoms with Gasteiger partial charge in [-0.25, -0.2) is 0 Å². The molecule has 0 unspecified atom stereocenters. The van der Waals surface area contributed by atoms with Gasteiger partial charge >= 0.3 is 5.97 Å². The van der Waals surface area contributed by atoms with Crippen LogP contribution in [0.25, 0.3) is 6.08 Å². The molecule has 0 atom stereocenters. The molecule has 0 amide bonds. The van der Waals surface area contributed by atoms with Crippen molar-refractivity contribution in [3.8, 4) is 5.75 Å². The smallest absolute Gasteiger partial charge is 0.307 e. The van der Waals surface area contributed by atoms with Crippen molar-refractivity contribution in [1.29, 1.82) is 0 Å². The van der Waals surface area contributed by atoms with Crippen LogP contribution in [-0.2, 0) is 9.59 Å². The Bertz CT molecular complexity index is 506. The van der Waals surface area contributed by atoms with Gasteiger partial charge in [-0.3, -0.25) is 9.59 Å². The minimum Gasteiger partial charge on any atom is -0.495 e. The van der Waals surface area contributed by atoms with E-state index in [4.69, 9.17) is 21.4 Å². The first-order chi connectivity index (χ1) is 8.43. The topological polar surface area (TPSA) is 63.6 Å². The van der Waals surface area contributed by atoms with E-state index in [2.05, 4.69) is 0 Å². The number of rotatable bonds is 5. The SMILES string of the molecule is COc1ccc(/C=C(\CC(=O)O)C(C)=O)cc1Cl. The van der Waals surface area contributed by atoms with Crippen LogP contribution in [0.4, 0.5) is 0 Å². The summed E-state index contributed by atoms with van der Waals surface area (Å²) in [5.74, 6) is -0.795. The molecule has 1 aromatic carbocycles. The number of carboxylic acid groups (broad SMARTS) is 1. The van der Waals surface area contributed by atoms with Gasteiger partial charge < -0.3 is 9.84 Å². The Morgan fingerprint density at radius 2 is 2.11 bits per heavy atom. The molecule has 0 saturated carbocycles. The van der Waals surface area contributed by atoms with Gasteiger partial charge in [0.25, 0.3) is 0 Å². The van der Waals surface area contributed by atoms with Crippen molar-refractivity contribution in [2.75, 3.05) is 7.11 Å². The molecule has 4 nitrogen and oxygen atoms in total. The number of benzene rings is 1. The van der Waals surface area contributed by atoms with E-state index in [-0.39, 0.29) is 17.8 Å². The minimum atomic E-state index is -1.05. The first kappa shape index (κ1) is 14.3. The summed E-state index contributed by atoms with van der Waals surface area (Å²) in [4.78, 5) is 21.9. The Kier molecular flexibility index (Phi) is 4.92. The van der Waals surface area contributed by atoms with Gasteiger partial charge in [-0.05, 0) is 30.7 Å². The number of carbonyl (C=O) groups excluding carboxylic acids is 1. The third-order valence-electron chi connectivity index (χ3n) is 2.31. The van der Waals surface area contributed by atoms with Crippen LogP contribution in [0.15, 0.2) is 23.8 Å². The van der Waals surface area contributed by atoms with Gasteiger partial charge in [0.2, 0.25) is 0 Å². The van der Waals surface area contributed by atoms with Gasteiger partial charge in [0.05, 0.1) is 18.6 Å². The lowest BCUT2D eigenvalue weighted by Gasteiger charge is -2.05. The number of carbonyl (C=O) groups is 2. The molecule has 0 aliphatic heterocycles. The Labute approximate surface area is 110 Å². The summed E-state index contributed by atoms with van der Waals surface area (Å²) in [6.45, 7) is 1.33. The Hall–Kier alpha value is -1.81. The van der Waals surface area contributed by atoms with E-state index in [1.165, 1.54) is 20.1 Å². The lowest BCUT2D eigenvalue weighted by molar-refractivity contribution is -0.136. The molecule has 1 N–H and O–H groups in total. The summed E-state index contributed by atoms with van der Waals surface area (Å²) in [5.41, 5.74) is 0.885. The second kappa shape index (κ2) is 6.21. The lowest BCUT2D eigenvalue weighted by Crippen LogP contribution is -2.04. The van der Waals surface area contributed by atoms with E-state index in [1.807, 2.05) is 0 Å². The fraction of sp³-hybridized carbons (Fsp3) is 0.231. The molecule has 5 heteroatoms. The summed E-state index contributed by atoms with van der Waals surface area (Å²) in [6.07, 6.45) is 1.21. The molecule has 1 aromatic rings. The largest absolute Gasteiger partial charge is 0.495 e. The van der Waals surface area contributed by atoms with Crippen LogP contribution in [0.2, 0.25) is 5.02 Å². The van der Waals surface area contributed by atoms with Crippen LogP contribution in [0.5, 0.6) is 5.75 Å². The Morgan fingerprint density at radius 3 is 2.56 bits per heavy atom. The summed E-state index contributed by atoms with van der Waals surface area (Å²) < 4.78 is 5.00. The molecule has 0 fully saturated rings. The first-order valence-corrected chi connectivity index (χ1v) is 5.58. The van der Waals surface area contributed by atoms with Crippen LogP contribution in [0.1, 0.15) is 18.9 Å². The van der Waals surface area contributed by atoms with Crippen molar-refractivity contribution in [1.82, 2.24) is 0 Å². The first-order valence-electron chi connectivity index (χ1n) is 5.21. The fourth-order valence-electron chi connectivity index (χ4n) is 1.41. The molecule has 1 rings (SSSR count). The standard InChI is InChI=1S/C13H13ClO4/c1-8(15)10(7-13(16)17)5-9-3-4-12(18-2)11(14)6-9/h3-6H,7H2,1-2H3,(H,16,17)/b10-5+. The van der Waals surface area contributed by atoms with E-state index in [0.29, 0.717) is 16.3 Å². The molecule has 0 aromatic heterocycles. The zero-order valence-electron chi connectivity index (χ0n) is 10.1. The molecule has 96 valence electrons. The molecule has 0 aliphatic rings. The number of hydrogen-bond donors (Lipinski definition) is 1. The lowest BCUT2D eigenvalue weighted by atomic mass is 10.0. The van der Waals surface area contributed by atoms with Gasteiger partial charge in [-0.1, -0.05) is 17.7 Å². The van der Waals surface area contributed by atoms with Crippen molar-refractivity contribution < 1.29 is 19.4 Å². The number of Topliss-reactive ketones (excluding diaryl/α,β-unsaturated/α-hetero) is 1. The zero-order chi connectivity index (χ0) is 13.7. The minimum absolute atomic E-state index is 0.226. The van der Waals surface area contributed by atoms with Gasteiger partial charge in [-0.15, -0.1) is 0 Å². The summed E-state index contributed by atoms with van der Waals surface area (Å²) in [6, 6.07) is 4.98. The number of halogens is 1. The second-order valence-corrected chi connectivity index (χ2v) is 4.10. The average Bonchev–Trinajstić information content (AvgIpc) is 2.27. The van der Waals surface area contributed by atoms with Crippen LogP contribution >= 0.6 is 11.6 Å². The van der Waals surface area contributed by atoms with Crippen LogP contribution in [-0.4, -0.2) is 24.0 Å². The van der Waals surface area contributed by atoms with Gasteiger partial charge in [0, 0.05) is 5.57 Å². The predicted molar refractivity (Wildman–Crippen MR) is 68.9 cm³/mol. The number of aliphatic carboxylic acids is 1. The van der Waals surface area contributed by atoms with E-state index in [0.717, 1.165) is 0 Å². The van der Waals surface area contributed by atoms with E-state index in [9.17, 15) is 9.59 Å². The molecule has 0 saturated heterocycles. The van der Waals surface area contributed by atoms with E-state index < -0.39 is 5.97 Å². The number of methoxy groups -OCH3 is 1. The van der Waals surface area contributed by atoms with Crippen molar-refractivity contribution in [2.24, 2.45) is 0 Å². The maximum atomic E-state index is 11.3. The molecular weight excluding hydrogens is 256 g/mol. The zero-order valence-corrected chi connectivity index (χ0v) is 10.8.